The molecule has 0 fully saturated rings. The second-order valence-corrected chi connectivity index (χ2v) is 3.81. The summed E-state index contributed by atoms with van der Waals surface area (Å²) < 4.78 is 21.3. The Morgan fingerprint density at radius 1 is 1.00 bits per heavy atom. The summed E-state index contributed by atoms with van der Waals surface area (Å²) in [6, 6.07) is 5.75. The lowest BCUT2D eigenvalue weighted by molar-refractivity contribution is -0.0914. The molecule has 0 saturated heterocycles. The Labute approximate surface area is 114 Å². The van der Waals surface area contributed by atoms with Gasteiger partial charge in [-0.3, -0.25) is 0 Å². The average molecular weight is 269 g/mol. The molecule has 0 spiro atoms. The van der Waals surface area contributed by atoms with Gasteiger partial charge in [-0.05, 0) is 26.0 Å². The van der Waals surface area contributed by atoms with E-state index in [2.05, 4.69) is 5.32 Å². The van der Waals surface area contributed by atoms with E-state index in [1.54, 1.807) is 14.2 Å². The van der Waals surface area contributed by atoms with Crippen molar-refractivity contribution in [2.24, 2.45) is 0 Å². The summed E-state index contributed by atoms with van der Waals surface area (Å²) in [7, 11) is 3.22. The van der Waals surface area contributed by atoms with E-state index < -0.39 is 0 Å². The summed E-state index contributed by atoms with van der Waals surface area (Å²) in [6.07, 6.45) is -0.276. The van der Waals surface area contributed by atoms with Crippen LogP contribution in [0.1, 0.15) is 13.8 Å². The topological polar surface area (TPSA) is 49.0 Å². The fourth-order valence-corrected chi connectivity index (χ4v) is 1.63. The molecule has 0 unspecified atom stereocenters. The van der Waals surface area contributed by atoms with Crippen molar-refractivity contribution in [2.45, 2.75) is 20.1 Å². The zero-order chi connectivity index (χ0) is 14.1. The third-order valence-electron chi connectivity index (χ3n) is 2.54. The zero-order valence-corrected chi connectivity index (χ0v) is 12.1. The van der Waals surface area contributed by atoms with E-state index in [1.807, 2.05) is 32.0 Å². The molecule has 0 aromatic heterocycles. The third-order valence-corrected chi connectivity index (χ3v) is 2.54. The Kier molecular flexibility index (Phi) is 7.07. The highest BCUT2D eigenvalue weighted by molar-refractivity contribution is 5.54. The fourth-order valence-electron chi connectivity index (χ4n) is 1.63. The van der Waals surface area contributed by atoms with Crippen molar-refractivity contribution in [3.8, 4) is 11.5 Å². The van der Waals surface area contributed by atoms with Crippen LogP contribution in [0.25, 0.3) is 0 Å². The SMILES string of the molecule is CCOc1ccc(NCC(OC)OC)cc1OCC. The van der Waals surface area contributed by atoms with Gasteiger partial charge >= 0.3 is 0 Å². The molecule has 108 valence electrons. The Hall–Kier alpha value is -1.46. The second-order valence-electron chi connectivity index (χ2n) is 3.81. The first-order chi connectivity index (χ1) is 9.24. The van der Waals surface area contributed by atoms with Crippen LogP contribution in [0.2, 0.25) is 0 Å². The Morgan fingerprint density at radius 3 is 2.21 bits per heavy atom. The number of nitrogens with one attached hydrogen (secondary N) is 1. The Balaban J connectivity index is 2.71. The van der Waals surface area contributed by atoms with Crippen molar-refractivity contribution in [1.29, 1.82) is 0 Å². The van der Waals surface area contributed by atoms with Gasteiger partial charge in [-0.15, -0.1) is 0 Å². The van der Waals surface area contributed by atoms with Crippen LogP contribution in [0.5, 0.6) is 11.5 Å². The molecule has 0 aliphatic heterocycles. The number of rotatable bonds is 9. The maximum Gasteiger partial charge on any atom is 0.173 e. The fraction of sp³-hybridized carbons (Fsp3) is 0.571. The van der Waals surface area contributed by atoms with E-state index >= 15 is 0 Å². The van der Waals surface area contributed by atoms with Gasteiger partial charge in [-0.25, -0.2) is 0 Å². The van der Waals surface area contributed by atoms with Gasteiger partial charge in [0.15, 0.2) is 17.8 Å². The van der Waals surface area contributed by atoms with Crippen molar-refractivity contribution in [1.82, 2.24) is 0 Å². The van der Waals surface area contributed by atoms with E-state index in [0.717, 1.165) is 17.2 Å². The molecular weight excluding hydrogens is 246 g/mol. The molecule has 0 radical (unpaired) electrons. The van der Waals surface area contributed by atoms with E-state index in [9.17, 15) is 0 Å². The predicted molar refractivity (Wildman–Crippen MR) is 75.1 cm³/mol. The first-order valence-electron chi connectivity index (χ1n) is 6.44. The number of hydrogen-bond acceptors (Lipinski definition) is 5. The smallest absolute Gasteiger partial charge is 0.173 e. The van der Waals surface area contributed by atoms with E-state index in [1.165, 1.54) is 0 Å². The number of methoxy groups -OCH3 is 2. The standard InChI is InChI=1S/C14H23NO4/c1-5-18-12-8-7-11(9-13(12)19-6-2)15-10-14(16-3)17-4/h7-9,14-15H,5-6,10H2,1-4H3. The first kappa shape index (κ1) is 15.6. The van der Waals surface area contributed by atoms with E-state index in [0.29, 0.717) is 19.8 Å². The maximum absolute atomic E-state index is 5.56. The average Bonchev–Trinajstić information content (AvgIpc) is 2.43. The zero-order valence-electron chi connectivity index (χ0n) is 12.1. The number of anilines is 1. The summed E-state index contributed by atoms with van der Waals surface area (Å²) in [6.45, 7) is 5.67. The van der Waals surface area contributed by atoms with Crippen molar-refractivity contribution < 1.29 is 18.9 Å². The van der Waals surface area contributed by atoms with E-state index in [4.69, 9.17) is 18.9 Å². The van der Waals surface area contributed by atoms with Crippen molar-refractivity contribution in [3.63, 3.8) is 0 Å². The molecular formula is C14H23NO4. The summed E-state index contributed by atoms with van der Waals surface area (Å²) in [5, 5.41) is 3.23. The molecule has 1 aromatic rings. The quantitative estimate of drug-likeness (QED) is 0.698. The molecule has 19 heavy (non-hydrogen) atoms. The highest BCUT2D eigenvalue weighted by Gasteiger charge is 2.08. The van der Waals surface area contributed by atoms with Crippen LogP contribution in [-0.2, 0) is 9.47 Å². The summed E-state index contributed by atoms with van der Waals surface area (Å²) in [5.41, 5.74) is 0.936. The number of benzene rings is 1. The van der Waals surface area contributed by atoms with Gasteiger partial charge in [0.25, 0.3) is 0 Å². The number of hydrogen-bond donors (Lipinski definition) is 1. The van der Waals surface area contributed by atoms with Gasteiger partial charge in [-0.1, -0.05) is 0 Å². The largest absolute Gasteiger partial charge is 0.490 e. The molecule has 0 saturated carbocycles. The number of ether oxygens (including phenoxy) is 4. The summed E-state index contributed by atoms with van der Waals surface area (Å²) in [5.74, 6) is 1.49. The minimum absolute atomic E-state index is 0.276. The van der Waals surface area contributed by atoms with Crippen LogP contribution in [0.3, 0.4) is 0 Å². The minimum atomic E-state index is -0.276. The summed E-state index contributed by atoms with van der Waals surface area (Å²) in [4.78, 5) is 0. The van der Waals surface area contributed by atoms with Gasteiger partial charge in [0.2, 0.25) is 0 Å². The molecule has 0 aliphatic carbocycles. The molecule has 0 bridgehead atoms. The van der Waals surface area contributed by atoms with Crippen LogP contribution in [0, 0.1) is 0 Å². The lowest BCUT2D eigenvalue weighted by Crippen LogP contribution is -2.23. The molecule has 0 heterocycles. The highest BCUT2D eigenvalue weighted by atomic mass is 16.7. The van der Waals surface area contributed by atoms with Gasteiger partial charge in [0.05, 0.1) is 19.8 Å². The van der Waals surface area contributed by atoms with Gasteiger partial charge < -0.3 is 24.3 Å². The Bertz CT molecular complexity index is 366. The van der Waals surface area contributed by atoms with Crippen LogP contribution < -0.4 is 14.8 Å². The van der Waals surface area contributed by atoms with Crippen molar-refractivity contribution in [2.75, 3.05) is 39.3 Å². The lowest BCUT2D eigenvalue weighted by atomic mass is 10.2. The van der Waals surface area contributed by atoms with Crippen LogP contribution in [0.4, 0.5) is 5.69 Å². The van der Waals surface area contributed by atoms with Gasteiger partial charge in [0.1, 0.15) is 0 Å². The second kappa shape index (κ2) is 8.61. The normalized spacial score (nSPS) is 10.6. The van der Waals surface area contributed by atoms with Crippen LogP contribution in [-0.4, -0.2) is 40.3 Å². The monoisotopic (exact) mass is 269 g/mol. The van der Waals surface area contributed by atoms with Gasteiger partial charge in [0, 0.05) is 26.0 Å². The molecule has 0 atom stereocenters. The summed E-state index contributed by atoms with van der Waals surface area (Å²) >= 11 is 0. The van der Waals surface area contributed by atoms with Gasteiger partial charge in [-0.2, -0.15) is 0 Å². The third kappa shape index (κ3) is 4.96. The molecule has 5 nitrogen and oxygen atoms in total. The molecule has 1 rings (SSSR count). The van der Waals surface area contributed by atoms with Crippen LogP contribution >= 0.6 is 0 Å². The molecule has 0 amide bonds. The van der Waals surface area contributed by atoms with Crippen molar-refractivity contribution >= 4 is 5.69 Å². The molecule has 0 aliphatic rings. The maximum atomic E-state index is 5.56. The highest BCUT2D eigenvalue weighted by Crippen LogP contribution is 2.30. The van der Waals surface area contributed by atoms with E-state index in [-0.39, 0.29) is 6.29 Å². The van der Waals surface area contributed by atoms with Crippen LogP contribution in [0.15, 0.2) is 18.2 Å². The predicted octanol–water partition coefficient (Wildman–Crippen LogP) is 2.51. The first-order valence-corrected chi connectivity index (χ1v) is 6.44. The minimum Gasteiger partial charge on any atom is -0.490 e. The Morgan fingerprint density at radius 2 is 1.63 bits per heavy atom. The molecule has 5 heteroatoms. The van der Waals surface area contributed by atoms with Crippen molar-refractivity contribution in [3.05, 3.63) is 18.2 Å². The lowest BCUT2D eigenvalue weighted by Gasteiger charge is -2.16. The molecule has 1 N–H and O–H groups in total. The molecule has 1 aromatic carbocycles.